The van der Waals surface area contributed by atoms with Gasteiger partial charge < -0.3 is 20.1 Å². The Morgan fingerprint density at radius 2 is 1.98 bits per heavy atom. The number of rotatable bonds is 5. The Balaban J connectivity index is 1.29. The van der Waals surface area contributed by atoms with Gasteiger partial charge in [0, 0.05) is 60.7 Å². The van der Waals surface area contributed by atoms with Crippen molar-refractivity contribution < 1.29 is 18.6 Å². The van der Waals surface area contributed by atoms with Crippen LogP contribution in [0.1, 0.15) is 43.2 Å². The minimum absolute atomic E-state index is 0.00845. The predicted molar refractivity (Wildman–Crippen MR) is 167 cm³/mol. The molecule has 0 aliphatic carbocycles. The van der Waals surface area contributed by atoms with Crippen molar-refractivity contribution in [1.82, 2.24) is 20.2 Å². The molecule has 6 heterocycles. The Morgan fingerprint density at radius 1 is 1.16 bits per heavy atom. The van der Waals surface area contributed by atoms with Gasteiger partial charge in [0.1, 0.15) is 36.0 Å². The number of benzene rings is 2. The van der Waals surface area contributed by atoms with Crippen molar-refractivity contribution >= 4 is 27.4 Å². The number of ether oxygens (including phenoxy) is 1. The van der Waals surface area contributed by atoms with Crippen molar-refractivity contribution in [2.45, 2.75) is 55.9 Å². The zero-order valence-electron chi connectivity index (χ0n) is 24.7. The van der Waals surface area contributed by atoms with Crippen LogP contribution in [0.3, 0.4) is 0 Å². The fourth-order valence-electron chi connectivity index (χ4n) is 8.20. The van der Waals surface area contributed by atoms with Crippen molar-refractivity contribution in [2.24, 2.45) is 0 Å². The molecule has 0 unspecified atom stereocenters. The van der Waals surface area contributed by atoms with Crippen LogP contribution in [0.4, 0.5) is 14.5 Å². The van der Waals surface area contributed by atoms with Gasteiger partial charge in [0.15, 0.2) is 0 Å². The minimum atomic E-state index is -0.899. The van der Waals surface area contributed by atoms with Crippen LogP contribution >= 0.6 is 0 Å². The lowest BCUT2D eigenvalue weighted by Gasteiger charge is -2.36. The molecule has 4 saturated heterocycles. The third-order valence-corrected chi connectivity index (χ3v) is 10.2. The quantitative estimate of drug-likeness (QED) is 0.305. The molecular weight excluding hydrogens is 574 g/mol. The third-order valence-electron chi connectivity index (χ3n) is 10.2. The lowest BCUT2D eigenvalue weighted by atomic mass is 9.95. The molecule has 45 heavy (non-hydrogen) atoms. The summed E-state index contributed by atoms with van der Waals surface area (Å²) >= 11 is 0. The maximum atomic E-state index is 14.8. The van der Waals surface area contributed by atoms with E-state index in [1.807, 2.05) is 0 Å². The Kier molecular flexibility index (Phi) is 6.56. The summed E-state index contributed by atoms with van der Waals surface area (Å²) in [5, 5.41) is 26.5. The van der Waals surface area contributed by atoms with E-state index in [4.69, 9.17) is 21.1 Å². The summed E-state index contributed by atoms with van der Waals surface area (Å²) in [5.74, 6) is 2.12. The molecule has 4 aromatic rings. The highest BCUT2D eigenvalue weighted by molar-refractivity contribution is 6.03. The zero-order valence-corrected chi connectivity index (χ0v) is 24.7. The zero-order chi connectivity index (χ0) is 30.9. The predicted octanol–water partition coefficient (Wildman–Crippen LogP) is 5.04. The largest absolute Gasteiger partial charge is 0.508 e. The van der Waals surface area contributed by atoms with Gasteiger partial charge in [-0.15, -0.1) is 6.42 Å². The third kappa shape index (κ3) is 4.55. The molecule has 2 aromatic carbocycles. The second kappa shape index (κ2) is 10.5. The minimum Gasteiger partial charge on any atom is -0.508 e. The normalized spacial score (nSPS) is 25.9. The van der Waals surface area contributed by atoms with Crippen LogP contribution in [-0.2, 0) is 0 Å². The van der Waals surface area contributed by atoms with Gasteiger partial charge in [-0.3, -0.25) is 9.88 Å². The molecule has 0 spiro atoms. The first kappa shape index (κ1) is 28.0. The van der Waals surface area contributed by atoms with Gasteiger partial charge in [0.2, 0.25) is 5.88 Å². The molecule has 2 bridgehead atoms. The topological polar surface area (TPSA) is 97.5 Å². The van der Waals surface area contributed by atoms with Crippen LogP contribution in [0.25, 0.3) is 32.9 Å². The van der Waals surface area contributed by atoms with Crippen LogP contribution in [0.15, 0.2) is 36.5 Å². The Bertz CT molecular complexity index is 1940. The molecule has 2 N–H and O–H groups in total. The van der Waals surface area contributed by atoms with Gasteiger partial charge in [-0.05, 0) is 61.9 Å². The molecule has 228 valence electrons. The summed E-state index contributed by atoms with van der Waals surface area (Å²) in [6.07, 6.45) is 10.9. The molecule has 0 saturated carbocycles. The maximum Gasteiger partial charge on any atom is 0.234 e. The van der Waals surface area contributed by atoms with E-state index >= 15 is 0 Å². The average Bonchev–Trinajstić information content (AvgIpc) is 3.68. The summed E-state index contributed by atoms with van der Waals surface area (Å²) in [4.78, 5) is 14.1. The van der Waals surface area contributed by atoms with Crippen LogP contribution < -0.4 is 15.0 Å². The highest BCUT2D eigenvalue weighted by atomic mass is 19.1. The molecule has 4 atom stereocenters. The number of nitrogens with zero attached hydrogens (tertiary/aromatic N) is 5. The average molecular weight is 607 g/mol. The number of piperazine rings is 1. The highest BCUT2D eigenvalue weighted by Crippen LogP contribution is 2.43. The van der Waals surface area contributed by atoms with E-state index in [9.17, 15) is 19.1 Å². The number of hydrogen-bond acceptors (Lipinski definition) is 8. The van der Waals surface area contributed by atoms with Crippen LogP contribution in [0.2, 0.25) is 0 Å². The van der Waals surface area contributed by atoms with E-state index in [1.165, 1.54) is 18.2 Å². The molecule has 10 heteroatoms. The smallest absolute Gasteiger partial charge is 0.234 e. The number of aromatic hydroxyl groups is 1. The lowest BCUT2D eigenvalue weighted by Crippen LogP contribution is -2.51. The summed E-state index contributed by atoms with van der Waals surface area (Å²) in [7, 11) is 0. The number of phenols is 1. The van der Waals surface area contributed by atoms with Crippen molar-refractivity contribution in [2.75, 3.05) is 37.7 Å². The van der Waals surface area contributed by atoms with E-state index in [2.05, 4.69) is 27.1 Å². The number of alkyl halides is 1. The number of nitrogens with one attached hydrogen (secondary N) is 1. The Morgan fingerprint density at radius 3 is 2.76 bits per heavy atom. The van der Waals surface area contributed by atoms with Gasteiger partial charge in [0.05, 0.1) is 28.0 Å². The van der Waals surface area contributed by atoms with Gasteiger partial charge in [-0.2, -0.15) is 5.26 Å². The standard InChI is InChI=1S/C35H32F2N6O2/c1-2-25-29(37)7-4-20-10-24(44)11-26(32(20)25)30-12-31-28(15-39-30)33(42-17-22-5-6-23(18-42)40-22)27(14-38)34(41-31)45-19-35-8-3-9-43(35)16-21(36)13-35/h1,4,7,10-12,15,21-23,40,44H,3,5-6,8-9,13,16-19H2/t21-,22-,23+,35+/m1/s1. The van der Waals surface area contributed by atoms with Gasteiger partial charge >= 0.3 is 0 Å². The molecule has 2 aromatic heterocycles. The van der Waals surface area contributed by atoms with E-state index in [0.717, 1.165) is 51.0 Å². The SMILES string of the molecule is C#Cc1c(F)ccc2cc(O)cc(-c3cc4nc(OC[C@@]56CCCN5C[C@H](F)C6)c(C#N)c(N5C[C@H]6CC[C@@H](C5)N6)c4cn3)c12. The van der Waals surface area contributed by atoms with Crippen LogP contribution in [0, 0.1) is 29.5 Å². The summed E-state index contributed by atoms with van der Waals surface area (Å²) in [6, 6.07) is 10.7. The van der Waals surface area contributed by atoms with Crippen LogP contribution in [0.5, 0.6) is 11.6 Å². The van der Waals surface area contributed by atoms with Gasteiger partial charge in [-0.25, -0.2) is 13.8 Å². The lowest BCUT2D eigenvalue weighted by molar-refractivity contribution is 0.110. The molecule has 8 nitrogen and oxygen atoms in total. The van der Waals surface area contributed by atoms with E-state index in [0.29, 0.717) is 63.5 Å². The van der Waals surface area contributed by atoms with Crippen molar-refractivity contribution in [3.05, 3.63) is 53.5 Å². The van der Waals surface area contributed by atoms with Crippen LogP contribution in [-0.4, -0.2) is 76.6 Å². The second-order valence-corrected chi connectivity index (χ2v) is 12.9. The summed E-state index contributed by atoms with van der Waals surface area (Å²) in [5.41, 5.74) is 2.19. The van der Waals surface area contributed by atoms with E-state index < -0.39 is 17.5 Å². The van der Waals surface area contributed by atoms with Crippen molar-refractivity contribution in [3.8, 4) is 41.3 Å². The first-order valence-electron chi connectivity index (χ1n) is 15.5. The number of terminal acetylenes is 1. The molecule has 4 aliphatic rings. The van der Waals surface area contributed by atoms with Crippen molar-refractivity contribution in [1.29, 1.82) is 5.26 Å². The molecule has 4 aliphatic heterocycles. The number of phenolic OH excluding ortho intramolecular Hbond substituents is 1. The highest BCUT2D eigenvalue weighted by Gasteiger charge is 2.49. The number of pyridine rings is 2. The number of anilines is 1. The first-order valence-corrected chi connectivity index (χ1v) is 15.5. The van der Waals surface area contributed by atoms with E-state index in [1.54, 1.807) is 18.3 Å². The molecule has 8 rings (SSSR count). The first-order chi connectivity index (χ1) is 21.9. The Labute approximate surface area is 259 Å². The summed E-state index contributed by atoms with van der Waals surface area (Å²) in [6.45, 7) is 2.94. The number of nitriles is 1. The number of fused-ring (bicyclic) bond motifs is 5. The Hall–Kier alpha value is -4.51. The second-order valence-electron chi connectivity index (χ2n) is 12.9. The van der Waals surface area contributed by atoms with Crippen molar-refractivity contribution in [3.63, 3.8) is 0 Å². The van der Waals surface area contributed by atoms with Gasteiger partial charge in [-0.1, -0.05) is 12.0 Å². The molecule has 4 fully saturated rings. The fraction of sp³-hybridized carbons (Fsp3) is 0.400. The summed E-state index contributed by atoms with van der Waals surface area (Å²) < 4.78 is 35.8. The number of aromatic nitrogens is 2. The molecule has 0 amide bonds. The monoisotopic (exact) mass is 606 g/mol. The van der Waals surface area contributed by atoms with Gasteiger partial charge in [0.25, 0.3) is 0 Å². The molecule has 0 radical (unpaired) electrons. The number of hydrogen-bond donors (Lipinski definition) is 2. The maximum absolute atomic E-state index is 14.8. The number of halogens is 2. The molecular formula is C35H32F2N6O2. The fourth-order valence-corrected chi connectivity index (χ4v) is 8.20. The van der Waals surface area contributed by atoms with E-state index in [-0.39, 0.29) is 23.8 Å².